The highest BCUT2D eigenvalue weighted by molar-refractivity contribution is 5.95. The number of methoxy groups -OCH3 is 1. The number of nitrogens with zero attached hydrogens (tertiary/aromatic N) is 2. The number of amides is 4. The Morgan fingerprint density at radius 1 is 0.978 bits per heavy atom. The minimum atomic E-state index is -0.984. The molecule has 1 saturated heterocycles. The van der Waals surface area contributed by atoms with Gasteiger partial charge in [-0.05, 0) is 62.3 Å². The van der Waals surface area contributed by atoms with Gasteiger partial charge in [-0.1, -0.05) is 63.2 Å². The van der Waals surface area contributed by atoms with Gasteiger partial charge in [-0.25, -0.2) is 9.59 Å². The van der Waals surface area contributed by atoms with Gasteiger partial charge in [0.15, 0.2) is 0 Å². The van der Waals surface area contributed by atoms with Crippen molar-refractivity contribution in [2.24, 2.45) is 5.41 Å². The predicted molar refractivity (Wildman–Crippen MR) is 171 cm³/mol. The number of esters is 1. The van der Waals surface area contributed by atoms with E-state index in [1.807, 2.05) is 63.2 Å². The summed E-state index contributed by atoms with van der Waals surface area (Å²) in [6.07, 6.45) is 0.543. The van der Waals surface area contributed by atoms with Gasteiger partial charge in [-0.2, -0.15) is 0 Å². The number of likely N-dealkylation sites (N-methyl/N-ethyl adjacent to an activating group) is 1. The molecule has 0 spiro atoms. The van der Waals surface area contributed by atoms with E-state index in [0.29, 0.717) is 19.4 Å². The maximum Gasteiger partial charge on any atom is 0.410 e. The molecule has 2 aromatic carbocycles. The number of hydrogen-bond acceptors (Lipinski definition) is 7. The first-order valence-corrected chi connectivity index (χ1v) is 15.4. The van der Waals surface area contributed by atoms with Crippen molar-refractivity contribution in [2.45, 2.75) is 97.5 Å². The first-order chi connectivity index (χ1) is 20.9. The number of rotatable bonds is 9. The molecule has 11 nitrogen and oxygen atoms in total. The van der Waals surface area contributed by atoms with Gasteiger partial charge in [0, 0.05) is 20.0 Å². The number of likely N-dealkylation sites (tertiary alicyclic amines) is 1. The molecular weight excluding hydrogens is 576 g/mol. The van der Waals surface area contributed by atoms with Crippen LogP contribution in [0.2, 0.25) is 0 Å². The lowest BCUT2D eigenvalue weighted by molar-refractivity contribution is -0.147. The van der Waals surface area contributed by atoms with Crippen LogP contribution in [0.5, 0.6) is 0 Å². The van der Waals surface area contributed by atoms with Crippen molar-refractivity contribution < 1.29 is 33.4 Å². The zero-order chi connectivity index (χ0) is 33.7. The molecule has 4 amide bonds. The molecular formula is C34H48N4O7. The van der Waals surface area contributed by atoms with Crippen LogP contribution in [-0.4, -0.2) is 90.1 Å². The summed E-state index contributed by atoms with van der Waals surface area (Å²) in [5, 5.41) is 7.72. The molecule has 4 unspecified atom stereocenters. The van der Waals surface area contributed by atoms with Crippen molar-refractivity contribution in [1.29, 1.82) is 0 Å². The highest BCUT2D eigenvalue weighted by atomic mass is 16.6. The first-order valence-electron chi connectivity index (χ1n) is 15.4. The van der Waals surface area contributed by atoms with Crippen molar-refractivity contribution in [2.75, 3.05) is 20.7 Å². The quantitative estimate of drug-likeness (QED) is 0.405. The van der Waals surface area contributed by atoms with E-state index < -0.39 is 65.0 Å². The molecule has 3 rings (SSSR count). The smallest absolute Gasteiger partial charge is 0.410 e. The van der Waals surface area contributed by atoms with E-state index in [0.717, 1.165) is 16.3 Å². The summed E-state index contributed by atoms with van der Waals surface area (Å²) in [5.74, 6) is -1.99. The standard InChI is InChI=1S/C34H48N4O7/c1-21(37(8)32(43)45-34(5,6)7)28(39)36-27(33(2,3)4)30(41)38-18-12-15-26(38)29(40)35-25(31(42)44-9)20-22-16-17-23-13-10-11-14-24(23)19-22/h10-11,13-14,16-17,19,21,25-27H,12,15,18,20H2,1-9H3,(H,35,40)(H,36,39). The minimum Gasteiger partial charge on any atom is -0.467 e. The third-order valence-electron chi connectivity index (χ3n) is 7.94. The third kappa shape index (κ3) is 9.18. The molecule has 4 atom stereocenters. The molecule has 11 heteroatoms. The number of benzene rings is 2. The summed E-state index contributed by atoms with van der Waals surface area (Å²) in [7, 11) is 2.73. The monoisotopic (exact) mass is 624 g/mol. The second-order valence-corrected chi connectivity index (χ2v) is 13.7. The fraction of sp³-hybridized carbons (Fsp3) is 0.559. The maximum atomic E-state index is 14.0. The van der Waals surface area contributed by atoms with E-state index in [1.165, 1.54) is 24.0 Å². The zero-order valence-corrected chi connectivity index (χ0v) is 27.9. The summed E-state index contributed by atoms with van der Waals surface area (Å²) in [5.41, 5.74) is -0.602. The lowest BCUT2D eigenvalue weighted by Crippen LogP contribution is -2.60. The molecule has 1 fully saturated rings. The average molecular weight is 625 g/mol. The number of ether oxygens (including phenoxy) is 2. The Labute approximate surface area is 266 Å². The molecule has 0 saturated carbocycles. The molecule has 0 radical (unpaired) electrons. The Morgan fingerprint density at radius 2 is 1.62 bits per heavy atom. The van der Waals surface area contributed by atoms with E-state index in [4.69, 9.17) is 9.47 Å². The summed E-state index contributed by atoms with van der Waals surface area (Å²) >= 11 is 0. The van der Waals surface area contributed by atoms with Crippen LogP contribution in [0.1, 0.15) is 66.9 Å². The topological polar surface area (TPSA) is 134 Å². The highest BCUT2D eigenvalue weighted by Crippen LogP contribution is 2.27. The molecule has 1 aliphatic heterocycles. The molecule has 0 bridgehead atoms. The van der Waals surface area contributed by atoms with Crippen LogP contribution in [0.25, 0.3) is 10.8 Å². The highest BCUT2D eigenvalue weighted by Gasteiger charge is 2.43. The molecule has 45 heavy (non-hydrogen) atoms. The van der Waals surface area contributed by atoms with Crippen LogP contribution in [0.15, 0.2) is 42.5 Å². The fourth-order valence-electron chi connectivity index (χ4n) is 5.25. The van der Waals surface area contributed by atoms with Gasteiger partial charge >= 0.3 is 12.1 Å². The van der Waals surface area contributed by atoms with E-state index in [1.54, 1.807) is 27.7 Å². The number of fused-ring (bicyclic) bond motifs is 1. The zero-order valence-electron chi connectivity index (χ0n) is 27.9. The lowest BCUT2D eigenvalue weighted by atomic mass is 9.85. The molecule has 246 valence electrons. The molecule has 1 heterocycles. The summed E-state index contributed by atoms with van der Waals surface area (Å²) in [6.45, 7) is 12.5. The van der Waals surface area contributed by atoms with E-state index in [2.05, 4.69) is 10.6 Å². The summed E-state index contributed by atoms with van der Waals surface area (Å²) in [4.78, 5) is 68.8. The summed E-state index contributed by atoms with van der Waals surface area (Å²) in [6, 6.07) is 10.0. The van der Waals surface area contributed by atoms with Crippen molar-refractivity contribution in [3.05, 3.63) is 48.0 Å². The van der Waals surface area contributed by atoms with Crippen LogP contribution in [0.3, 0.4) is 0 Å². The van der Waals surface area contributed by atoms with Crippen LogP contribution >= 0.6 is 0 Å². The summed E-state index contributed by atoms with van der Waals surface area (Å²) < 4.78 is 10.4. The van der Waals surface area contributed by atoms with Crippen LogP contribution in [-0.2, 0) is 35.1 Å². The predicted octanol–water partition coefficient (Wildman–Crippen LogP) is 3.82. The van der Waals surface area contributed by atoms with Gasteiger partial charge in [0.2, 0.25) is 17.7 Å². The van der Waals surface area contributed by atoms with E-state index in [9.17, 15) is 24.0 Å². The van der Waals surface area contributed by atoms with Crippen LogP contribution < -0.4 is 10.6 Å². The number of carbonyl (C=O) groups excluding carboxylic acids is 5. The van der Waals surface area contributed by atoms with Gasteiger partial charge in [0.25, 0.3) is 0 Å². The average Bonchev–Trinajstić information content (AvgIpc) is 3.46. The van der Waals surface area contributed by atoms with Crippen LogP contribution in [0.4, 0.5) is 4.79 Å². The molecule has 0 aromatic heterocycles. The molecule has 2 aromatic rings. The minimum absolute atomic E-state index is 0.216. The van der Waals surface area contributed by atoms with E-state index >= 15 is 0 Å². The fourth-order valence-corrected chi connectivity index (χ4v) is 5.25. The van der Waals surface area contributed by atoms with Crippen molar-refractivity contribution in [1.82, 2.24) is 20.4 Å². The Hall–Kier alpha value is -4.15. The Balaban J connectivity index is 1.75. The van der Waals surface area contributed by atoms with Gasteiger partial charge in [0.05, 0.1) is 7.11 Å². The maximum absolute atomic E-state index is 14.0. The van der Waals surface area contributed by atoms with Gasteiger partial charge < -0.3 is 25.0 Å². The molecule has 1 aliphatic rings. The Bertz CT molecular complexity index is 1410. The Morgan fingerprint density at radius 3 is 2.22 bits per heavy atom. The largest absolute Gasteiger partial charge is 0.467 e. The van der Waals surface area contributed by atoms with Crippen molar-refractivity contribution in [3.8, 4) is 0 Å². The number of carbonyl (C=O) groups is 5. The van der Waals surface area contributed by atoms with Crippen molar-refractivity contribution in [3.63, 3.8) is 0 Å². The molecule has 0 aliphatic carbocycles. The first kappa shape index (κ1) is 35.3. The lowest BCUT2D eigenvalue weighted by Gasteiger charge is -2.37. The second-order valence-electron chi connectivity index (χ2n) is 13.7. The van der Waals surface area contributed by atoms with Crippen LogP contribution in [0, 0.1) is 5.41 Å². The Kier molecular flexibility index (Phi) is 11.2. The van der Waals surface area contributed by atoms with Crippen molar-refractivity contribution >= 4 is 40.6 Å². The SMILES string of the molecule is COC(=O)C(Cc1ccc2ccccc2c1)NC(=O)C1CCCN1C(=O)C(NC(=O)C(C)N(C)C(=O)OC(C)(C)C)C(C)(C)C. The second kappa shape index (κ2) is 14.3. The van der Waals surface area contributed by atoms with Gasteiger partial charge in [0.1, 0.15) is 29.8 Å². The van der Waals surface area contributed by atoms with E-state index in [-0.39, 0.29) is 6.42 Å². The van der Waals surface area contributed by atoms with Gasteiger partial charge in [-0.15, -0.1) is 0 Å². The third-order valence-corrected chi connectivity index (χ3v) is 7.94. The normalized spacial score (nSPS) is 17.2. The molecule has 2 N–H and O–H groups in total. The van der Waals surface area contributed by atoms with Gasteiger partial charge in [-0.3, -0.25) is 19.3 Å². The number of hydrogen-bond donors (Lipinski definition) is 2. The number of nitrogens with one attached hydrogen (secondary N) is 2.